The molecule has 2 aromatic carbocycles. The third kappa shape index (κ3) is 2.83. The molecule has 0 spiro atoms. The smallest absolute Gasteiger partial charge is 0.131 e. The molecule has 1 aromatic heterocycles. The van der Waals surface area contributed by atoms with Crippen molar-refractivity contribution in [3.63, 3.8) is 0 Å². The van der Waals surface area contributed by atoms with Crippen molar-refractivity contribution in [2.75, 3.05) is 11.5 Å². The zero-order valence-electron chi connectivity index (χ0n) is 13.0. The molecule has 0 amide bonds. The normalized spacial score (nSPS) is 10.7. The third-order valence-electron chi connectivity index (χ3n) is 3.95. The van der Waals surface area contributed by atoms with Gasteiger partial charge in [-0.3, -0.25) is 0 Å². The van der Waals surface area contributed by atoms with E-state index in [4.69, 9.17) is 11.5 Å². The number of aromatic nitrogens is 1. The van der Waals surface area contributed by atoms with Crippen LogP contribution in [0, 0.1) is 0 Å². The van der Waals surface area contributed by atoms with Crippen molar-refractivity contribution in [2.45, 2.75) is 13.3 Å². The van der Waals surface area contributed by atoms with Crippen molar-refractivity contribution >= 4 is 11.5 Å². The molecule has 3 rings (SSSR count). The molecule has 0 radical (unpaired) electrons. The molecule has 4 nitrogen and oxygen atoms in total. The zero-order chi connectivity index (χ0) is 16.4. The minimum atomic E-state index is 0.230. The Balaban J connectivity index is 2.21. The van der Waals surface area contributed by atoms with Gasteiger partial charge in [-0.05, 0) is 47.4 Å². The Labute approximate surface area is 135 Å². The highest BCUT2D eigenvalue weighted by Crippen LogP contribution is 2.36. The molecule has 0 atom stereocenters. The van der Waals surface area contributed by atoms with E-state index in [1.807, 2.05) is 42.6 Å². The number of phenols is 1. The zero-order valence-corrected chi connectivity index (χ0v) is 13.0. The van der Waals surface area contributed by atoms with Gasteiger partial charge in [0.05, 0.1) is 0 Å². The number of nitrogen functional groups attached to an aromatic ring is 2. The molecule has 5 N–H and O–H groups in total. The summed E-state index contributed by atoms with van der Waals surface area (Å²) in [4.78, 5) is 4.37. The third-order valence-corrected chi connectivity index (χ3v) is 3.95. The van der Waals surface area contributed by atoms with Gasteiger partial charge < -0.3 is 16.6 Å². The summed E-state index contributed by atoms with van der Waals surface area (Å²) in [5.74, 6) is 0.722. The fourth-order valence-corrected chi connectivity index (χ4v) is 2.79. The Morgan fingerprint density at radius 1 is 0.913 bits per heavy atom. The van der Waals surface area contributed by atoms with E-state index in [1.54, 1.807) is 12.1 Å². The highest BCUT2D eigenvalue weighted by molar-refractivity contribution is 5.84. The van der Waals surface area contributed by atoms with Gasteiger partial charge in [0, 0.05) is 23.0 Å². The first-order valence-corrected chi connectivity index (χ1v) is 7.52. The van der Waals surface area contributed by atoms with E-state index in [2.05, 4.69) is 11.9 Å². The number of benzene rings is 2. The van der Waals surface area contributed by atoms with Crippen molar-refractivity contribution in [3.05, 3.63) is 60.3 Å². The monoisotopic (exact) mass is 305 g/mol. The molecule has 0 unspecified atom stereocenters. The highest BCUT2D eigenvalue weighted by atomic mass is 16.3. The second kappa shape index (κ2) is 6.01. The van der Waals surface area contributed by atoms with Gasteiger partial charge in [0.25, 0.3) is 0 Å². The number of phenolic OH excluding ortho intramolecular Hbond substituents is 1. The first-order valence-electron chi connectivity index (χ1n) is 7.52. The minimum Gasteiger partial charge on any atom is -0.508 e. The predicted molar refractivity (Wildman–Crippen MR) is 95.0 cm³/mol. The Morgan fingerprint density at radius 2 is 1.52 bits per heavy atom. The summed E-state index contributed by atoms with van der Waals surface area (Å²) in [5.41, 5.74) is 17.8. The summed E-state index contributed by atoms with van der Waals surface area (Å²) in [6.45, 7) is 2.10. The standard InChI is InChI=1S/C19H19N3O/c1-2-16-17(12-3-7-14(20)8-4-12)11-22-19(21)18(16)13-5-9-15(23)10-6-13/h3-11,23H,2,20H2,1H3,(H2,21,22). The highest BCUT2D eigenvalue weighted by Gasteiger charge is 2.15. The Kier molecular flexibility index (Phi) is 3.89. The number of pyridine rings is 1. The van der Waals surface area contributed by atoms with Crippen LogP contribution in [0.5, 0.6) is 5.75 Å². The summed E-state index contributed by atoms with van der Waals surface area (Å²) in [5, 5.41) is 9.50. The quantitative estimate of drug-likeness (QED) is 0.642. The van der Waals surface area contributed by atoms with Gasteiger partial charge in [-0.2, -0.15) is 0 Å². The van der Waals surface area contributed by atoms with Gasteiger partial charge in [0.2, 0.25) is 0 Å². The Morgan fingerprint density at radius 3 is 2.13 bits per heavy atom. The molecular formula is C19H19N3O. The van der Waals surface area contributed by atoms with E-state index in [1.165, 1.54) is 0 Å². The molecule has 4 heteroatoms. The van der Waals surface area contributed by atoms with Crippen LogP contribution in [0.1, 0.15) is 12.5 Å². The molecular weight excluding hydrogens is 286 g/mol. The second-order valence-electron chi connectivity index (χ2n) is 5.43. The Hall–Kier alpha value is -3.01. The number of nitrogens with zero attached hydrogens (tertiary/aromatic N) is 1. The van der Waals surface area contributed by atoms with Crippen molar-refractivity contribution in [1.29, 1.82) is 0 Å². The molecule has 0 bridgehead atoms. The first-order chi connectivity index (χ1) is 11.1. The van der Waals surface area contributed by atoms with E-state index in [9.17, 15) is 5.11 Å². The predicted octanol–water partition coefficient (Wildman–Crippen LogP) is 3.85. The lowest BCUT2D eigenvalue weighted by Crippen LogP contribution is -2.01. The lowest BCUT2D eigenvalue weighted by Gasteiger charge is -2.16. The van der Waals surface area contributed by atoms with Gasteiger partial charge in [0.1, 0.15) is 11.6 Å². The van der Waals surface area contributed by atoms with Gasteiger partial charge >= 0.3 is 0 Å². The molecule has 0 fully saturated rings. The van der Waals surface area contributed by atoms with Crippen LogP contribution >= 0.6 is 0 Å². The maximum absolute atomic E-state index is 9.50. The van der Waals surface area contributed by atoms with E-state index in [-0.39, 0.29) is 5.75 Å². The van der Waals surface area contributed by atoms with E-state index in [0.29, 0.717) is 5.82 Å². The molecule has 0 aliphatic carbocycles. The van der Waals surface area contributed by atoms with Crippen LogP contribution in [0.15, 0.2) is 54.7 Å². The van der Waals surface area contributed by atoms with Gasteiger partial charge in [-0.15, -0.1) is 0 Å². The number of nitrogens with two attached hydrogens (primary N) is 2. The molecule has 0 saturated carbocycles. The maximum atomic E-state index is 9.50. The Bertz CT molecular complexity index is 824. The molecule has 3 aromatic rings. The van der Waals surface area contributed by atoms with E-state index < -0.39 is 0 Å². The lowest BCUT2D eigenvalue weighted by atomic mass is 9.92. The van der Waals surface area contributed by atoms with Crippen molar-refractivity contribution in [1.82, 2.24) is 4.98 Å². The average molecular weight is 305 g/mol. The van der Waals surface area contributed by atoms with Crippen LogP contribution in [-0.4, -0.2) is 10.1 Å². The number of aromatic hydroxyl groups is 1. The fourth-order valence-electron chi connectivity index (χ4n) is 2.79. The van der Waals surface area contributed by atoms with Gasteiger partial charge in [-0.1, -0.05) is 31.2 Å². The molecule has 0 aliphatic rings. The summed E-state index contributed by atoms with van der Waals surface area (Å²) in [6, 6.07) is 14.8. The number of anilines is 2. The molecule has 116 valence electrons. The largest absolute Gasteiger partial charge is 0.508 e. The molecule has 1 heterocycles. The van der Waals surface area contributed by atoms with Crippen LogP contribution in [0.4, 0.5) is 11.5 Å². The van der Waals surface area contributed by atoms with Crippen LogP contribution in [-0.2, 0) is 6.42 Å². The van der Waals surface area contributed by atoms with E-state index >= 15 is 0 Å². The fraction of sp³-hybridized carbons (Fsp3) is 0.105. The van der Waals surface area contributed by atoms with Crippen molar-refractivity contribution in [3.8, 4) is 28.0 Å². The number of hydrogen-bond donors (Lipinski definition) is 3. The average Bonchev–Trinajstić information content (AvgIpc) is 2.56. The lowest BCUT2D eigenvalue weighted by molar-refractivity contribution is 0.475. The van der Waals surface area contributed by atoms with Crippen molar-refractivity contribution in [2.24, 2.45) is 0 Å². The summed E-state index contributed by atoms with van der Waals surface area (Å²) < 4.78 is 0. The second-order valence-corrected chi connectivity index (χ2v) is 5.43. The SMILES string of the molecule is CCc1c(-c2ccc(N)cc2)cnc(N)c1-c1ccc(O)cc1. The summed E-state index contributed by atoms with van der Waals surface area (Å²) in [6.07, 6.45) is 2.63. The van der Waals surface area contributed by atoms with Crippen LogP contribution in [0.2, 0.25) is 0 Å². The van der Waals surface area contributed by atoms with Crippen LogP contribution in [0.25, 0.3) is 22.3 Å². The van der Waals surface area contributed by atoms with Crippen LogP contribution < -0.4 is 11.5 Å². The van der Waals surface area contributed by atoms with Gasteiger partial charge in [-0.25, -0.2) is 4.98 Å². The molecule has 0 saturated heterocycles. The first kappa shape index (κ1) is 14.9. The molecule has 0 aliphatic heterocycles. The van der Waals surface area contributed by atoms with Crippen LogP contribution in [0.3, 0.4) is 0 Å². The summed E-state index contributed by atoms with van der Waals surface area (Å²) >= 11 is 0. The summed E-state index contributed by atoms with van der Waals surface area (Å²) in [7, 11) is 0. The number of hydrogen-bond acceptors (Lipinski definition) is 4. The molecule has 23 heavy (non-hydrogen) atoms. The van der Waals surface area contributed by atoms with E-state index in [0.717, 1.165) is 39.9 Å². The van der Waals surface area contributed by atoms with Crippen molar-refractivity contribution < 1.29 is 5.11 Å². The number of rotatable bonds is 3. The topological polar surface area (TPSA) is 85.2 Å². The van der Waals surface area contributed by atoms with Gasteiger partial charge in [0.15, 0.2) is 0 Å². The minimum absolute atomic E-state index is 0.230. The maximum Gasteiger partial charge on any atom is 0.131 e.